The van der Waals surface area contributed by atoms with Gasteiger partial charge < -0.3 is 4.52 Å². The Kier molecular flexibility index (Phi) is 5.14. The van der Waals surface area contributed by atoms with Gasteiger partial charge in [-0.2, -0.15) is 13.2 Å². The number of nitrogens with zero attached hydrogens (tertiary/aromatic N) is 2. The molecule has 0 amide bonds. The summed E-state index contributed by atoms with van der Waals surface area (Å²) in [5, 5.41) is 0. The van der Waals surface area contributed by atoms with Gasteiger partial charge in [0.05, 0.1) is 0 Å². The molecule has 0 rings (SSSR count). The van der Waals surface area contributed by atoms with E-state index in [1.807, 2.05) is 0 Å². The molecule has 7 heteroatoms. The van der Waals surface area contributed by atoms with Crippen molar-refractivity contribution in [2.75, 3.05) is 34.8 Å². The minimum atomic E-state index is -4.26. The molecule has 0 bridgehead atoms. The van der Waals surface area contributed by atoms with E-state index in [0.29, 0.717) is 0 Å². The van der Waals surface area contributed by atoms with Gasteiger partial charge in [0.15, 0.2) is 8.45 Å². The highest BCUT2D eigenvalue weighted by molar-refractivity contribution is 7.47. The summed E-state index contributed by atoms with van der Waals surface area (Å²) >= 11 is 0. The van der Waals surface area contributed by atoms with Crippen LogP contribution < -0.4 is 0 Å². The van der Waals surface area contributed by atoms with Gasteiger partial charge in [-0.25, -0.2) is 0 Å². The number of rotatable bonds is 4. The molecule has 0 heterocycles. The molecule has 80 valence electrons. The van der Waals surface area contributed by atoms with E-state index < -0.39 is 21.2 Å². The van der Waals surface area contributed by atoms with Crippen molar-refractivity contribution < 1.29 is 17.7 Å². The van der Waals surface area contributed by atoms with E-state index in [1.54, 1.807) is 37.5 Å². The lowest BCUT2D eigenvalue weighted by Gasteiger charge is -2.28. The van der Waals surface area contributed by atoms with Crippen LogP contribution in [0, 0.1) is 0 Å². The smallest absolute Gasteiger partial charge is 0.322 e. The predicted octanol–water partition coefficient (Wildman–Crippen LogP) is 1.92. The topological polar surface area (TPSA) is 15.7 Å². The van der Waals surface area contributed by atoms with Crippen LogP contribution in [-0.4, -0.2) is 50.3 Å². The summed E-state index contributed by atoms with van der Waals surface area (Å²) in [5.74, 6) is 0. The Morgan fingerprint density at radius 1 is 1.08 bits per heavy atom. The number of hydrogen-bond acceptors (Lipinski definition) is 3. The highest BCUT2D eigenvalue weighted by atomic mass is 31.2. The van der Waals surface area contributed by atoms with E-state index in [4.69, 9.17) is 4.52 Å². The fourth-order valence-corrected chi connectivity index (χ4v) is 2.16. The highest BCUT2D eigenvalue weighted by Crippen LogP contribution is 2.41. The average molecular weight is 218 g/mol. The summed E-state index contributed by atoms with van der Waals surface area (Å²) < 4.78 is 43.3. The minimum Gasteiger partial charge on any atom is -0.322 e. The summed E-state index contributed by atoms with van der Waals surface area (Å²) in [6, 6.07) is 0. The van der Waals surface area contributed by atoms with E-state index in [9.17, 15) is 13.2 Å². The van der Waals surface area contributed by atoms with Gasteiger partial charge in [-0.05, 0) is 28.2 Å². The van der Waals surface area contributed by atoms with Crippen LogP contribution >= 0.6 is 8.45 Å². The SMILES string of the molecule is CN(C)P(OCC(F)(F)F)N(C)C. The molecular formula is C6H14F3N2OP. The molecule has 0 aromatic carbocycles. The molecule has 13 heavy (non-hydrogen) atoms. The number of halogens is 3. The Hall–Kier alpha value is 0.100. The second-order valence-corrected chi connectivity index (χ2v) is 5.20. The van der Waals surface area contributed by atoms with Gasteiger partial charge in [-0.15, -0.1) is 0 Å². The maximum absolute atomic E-state index is 11.8. The molecule has 0 aromatic rings. The third-order valence-electron chi connectivity index (χ3n) is 1.03. The largest absolute Gasteiger partial charge is 0.412 e. The molecule has 0 saturated heterocycles. The monoisotopic (exact) mass is 218 g/mol. The second-order valence-electron chi connectivity index (χ2n) is 2.84. The first kappa shape index (κ1) is 13.1. The lowest BCUT2D eigenvalue weighted by atomic mass is 10.7. The van der Waals surface area contributed by atoms with Crippen LogP contribution in [-0.2, 0) is 4.52 Å². The van der Waals surface area contributed by atoms with E-state index in [1.165, 1.54) is 0 Å². The lowest BCUT2D eigenvalue weighted by Crippen LogP contribution is -2.23. The first-order valence-corrected chi connectivity index (χ1v) is 4.75. The molecule has 0 saturated carbocycles. The standard InChI is InChI=1S/C6H14F3N2OP/c1-10(2)13(11(3)4)12-5-6(7,8)9/h5H2,1-4H3. The summed E-state index contributed by atoms with van der Waals surface area (Å²) in [4.78, 5) is 0. The van der Waals surface area contributed by atoms with Crippen molar-refractivity contribution in [2.45, 2.75) is 6.18 Å². The van der Waals surface area contributed by atoms with Crippen molar-refractivity contribution in [1.82, 2.24) is 9.34 Å². The van der Waals surface area contributed by atoms with E-state index in [2.05, 4.69) is 0 Å². The van der Waals surface area contributed by atoms with Crippen LogP contribution in [0.3, 0.4) is 0 Å². The maximum Gasteiger partial charge on any atom is 0.412 e. The molecule has 0 aromatic heterocycles. The average Bonchev–Trinajstić information content (AvgIpc) is 1.82. The summed E-state index contributed by atoms with van der Waals surface area (Å²) in [5.41, 5.74) is 0. The van der Waals surface area contributed by atoms with E-state index in [-0.39, 0.29) is 0 Å². The highest BCUT2D eigenvalue weighted by Gasteiger charge is 2.30. The molecular weight excluding hydrogens is 204 g/mol. The van der Waals surface area contributed by atoms with Gasteiger partial charge in [0, 0.05) is 0 Å². The molecule has 0 aliphatic heterocycles. The van der Waals surface area contributed by atoms with Crippen molar-refractivity contribution in [3.8, 4) is 0 Å². The summed E-state index contributed by atoms with van der Waals surface area (Å²) in [7, 11) is 5.43. The molecule has 0 unspecified atom stereocenters. The van der Waals surface area contributed by atoms with Crippen LogP contribution in [0.15, 0.2) is 0 Å². The van der Waals surface area contributed by atoms with E-state index in [0.717, 1.165) is 0 Å². The molecule has 0 fully saturated rings. The molecule has 0 N–H and O–H groups in total. The van der Waals surface area contributed by atoms with Crippen molar-refractivity contribution in [1.29, 1.82) is 0 Å². The van der Waals surface area contributed by atoms with E-state index >= 15 is 0 Å². The van der Waals surface area contributed by atoms with Crippen LogP contribution in [0.25, 0.3) is 0 Å². The van der Waals surface area contributed by atoms with Gasteiger partial charge in [-0.1, -0.05) is 0 Å². The van der Waals surface area contributed by atoms with Gasteiger partial charge >= 0.3 is 6.18 Å². The number of alkyl halides is 3. The molecule has 0 aliphatic rings. The third-order valence-corrected chi connectivity index (χ3v) is 2.76. The maximum atomic E-state index is 11.8. The van der Waals surface area contributed by atoms with Crippen molar-refractivity contribution in [3.63, 3.8) is 0 Å². The Labute approximate surface area is 77.4 Å². The van der Waals surface area contributed by atoms with Crippen LogP contribution in [0.2, 0.25) is 0 Å². The van der Waals surface area contributed by atoms with Crippen LogP contribution in [0.5, 0.6) is 0 Å². The zero-order chi connectivity index (χ0) is 10.6. The van der Waals surface area contributed by atoms with Crippen molar-refractivity contribution >= 4 is 8.45 Å². The molecule has 0 radical (unpaired) electrons. The summed E-state index contributed by atoms with van der Waals surface area (Å²) in [6.45, 7) is -1.20. The quantitative estimate of drug-likeness (QED) is 0.670. The molecule has 0 aliphatic carbocycles. The molecule has 0 spiro atoms. The normalized spacial score (nSPS) is 13.4. The van der Waals surface area contributed by atoms with Crippen LogP contribution in [0.1, 0.15) is 0 Å². The fraction of sp³-hybridized carbons (Fsp3) is 1.00. The Morgan fingerprint density at radius 3 is 1.69 bits per heavy atom. The predicted molar refractivity (Wildman–Crippen MR) is 46.3 cm³/mol. The fourth-order valence-electron chi connectivity index (χ4n) is 0.720. The summed E-state index contributed by atoms with van der Waals surface area (Å²) in [6.07, 6.45) is -4.26. The Morgan fingerprint density at radius 2 is 1.46 bits per heavy atom. The first-order chi connectivity index (χ1) is 5.74. The van der Waals surface area contributed by atoms with Gasteiger partial charge in [0.25, 0.3) is 0 Å². The Balaban J connectivity index is 3.98. The molecule has 0 atom stereocenters. The lowest BCUT2D eigenvalue weighted by molar-refractivity contribution is -0.153. The van der Waals surface area contributed by atoms with Gasteiger partial charge in [-0.3, -0.25) is 9.34 Å². The molecule has 3 nitrogen and oxygen atoms in total. The second kappa shape index (κ2) is 5.10. The first-order valence-electron chi connectivity index (χ1n) is 3.58. The zero-order valence-corrected chi connectivity index (χ0v) is 8.99. The zero-order valence-electron chi connectivity index (χ0n) is 8.09. The third kappa shape index (κ3) is 6.21. The van der Waals surface area contributed by atoms with Gasteiger partial charge in [0.1, 0.15) is 6.61 Å². The minimum absolute atomic E-state index is 1.20. The van der Waals surface area contributed by atoms with Crippen molar-refractivity contribution in [2.24, 2.45) is 0 Å². The number of hydrogen-bond donors (Lipinski definition) is 0. The Bertz CT molecular complexity index is 143. The van der Waals surface area contributed by atoms with Crippen molar-refractivity contribution in [3.05, 3.63) is 0 Å². The van der Waals surface area contributed by atoms with Gasteiger partial charge in [0.2, 0.25) is 0 Å². The van der Waals surface area contributed by atoms with Crippen LogP contribution in [0.4, 0.5) is 13.2 Å².